The van der Waals surface area contributed by atoms with Gasteiger partial charge in [0.25, 0.3) is 0 Å². The first-order valence-electron chi connectivity index (χ1n) is 4.63. The molecule has 0 spiro atoms. The van der Waals surface area contributed by atoms with Crippen LogP contribution >= 0.6 is 11.3 Å². The van der Waals surface area contributed by atoms with Crippen LogP contribution in [0.4, 0.5) is 5.69 Å². The molecule has 2 heterocycles. The van der Waals surface area contributed by atoms with Crippen molar-refractivity contribution >= 4 is 17.0 Å². The lowest BCUT2D eigenvalue weighted by Crippen LogP contribution is -1.93. The molecule has 0 saturated heterocycles. The maximum atomic E-state index is 4.00. The van der Waals surface area contributed by atoms with Crippen molar-refractivity contribution < 1.29 is 0 Å². The van der Waals surface area contributed by atoms with Gasteiger partial charge in [0, 0.05) is 34.9 Å². The molecule has 0 aliphatic carbocycles. The van der Waals surface area contributed by atoms with Gasteiger partial charge >= 0.3 is 0 Å². The van der Waals surface area contributed by atoms with Gasteiger partial charge in [0.05, 0.1) is 0 Å². The summed E-state index contributed by atoms with van der Waals surface area (Å²) in [7, 11) is 0. The molecule has 72 valence electrons. The molecule has 0 bridgehead atoms. The van der Waals surface area contributed by atoms with Gasteiger partial charge in [-0.1, -0.05) is 0 Å². The van der Waals surface area contributed by atoms with Crippen LogP contribution in [0.15, 0.2) is 36.0 Å². The molecule has 0 saturated carbocycles. The van der Waals surface area contributed by atoms with Crippen molar-refractivity contribution in [1.29, 1.82) is 0 Å². The van der Waals surface area contributed by atoms with Crippen molar-refractivity contribution in [3.8, 4) is 10.4 Å². The van der Waals surface area contributed by atoms with Crippen LogP contribution in [0.5, 0.6) is 0 Å². The van der Waals surface area contributed by atoms with Crippen molar-refractivity contribution in [2.24, 2.45) is 0 Å². The highest BCUT2D eigenvalue weighted by molar-refractivity contribution is 7.14. The fourth-order valence-electron chi connectivity index (χ4n) is 1.30. The van der Waals surface area contributed by atoms with Crippen molar-refractivity contribution in [1.82, 2.24) is 4.98 Å². The van der Waals surface area contributed by atoms with E-state index in [4.69, 9.17) is 0 Å². The number of nitrogens with one attached hydrogen (secondary N) is 1. The van der Waals surface area contributed by atoms with Crippen LogP contribution in [0.3, 0.4) is 0 Å². The lowest BCUT2D eigenvalue weighted by Gasteiger charge is -1.96. The Morgan fingerprint density at radius 1 is 1.36 bits per heavy atom. The number of pyridine rings is 1. The lowest BCUT2D eigenvalue weighted by atomic mass is 10.2. The average molecular weight is 204 g/mol. The number of aromatic nitrogens is 1. The molecular weight excluding hydrogens is 192 g/mol. The molecule has 0 amide bonds. The third kappa shape index (κ3) is 1.93. The number of rotatable bonds is 3. The Labute approximate surface area is 87.6 Å². The fourth-order valence-corrected chi connectivity index (χ4v) is 2.17. The number of hydrogen-bond acceptors (Lipinski definition) is 3. The average Bonchev–Trinajstić information content (AvgIpc) is 2.68. The van der Waals surface area contributed by atoms with Gasteiger partial charge in [0.2, 0.25) is 0 Å². The summed E-state index contributed by atoms with van der Waals surface area (Å²) in [6.07, 6.45) is 3.64. The van der Waals surface area contributed by atoms with Crippen LogP contribution in [0.1, 0.15) is 6.92 Å². The molecule has 0 aliphatic rings. The molecule has 1 N–H and O–H groups in total. The standard InChI is InChI=1S/C11H12N2S/c1-2-13-10-7-11(14-8-10)9-3-5-12-6-4-9/h3-8,13H,2H2,1H3. The second kappa shape index (κ2) is 4.24. The molecule has 0 fully saturated rings. The minimum Gasteiger partial charge on any atom is -0.385 e. The zero-order chi connectivity index (χ0) is 9.80. The maximum Gasteiger partial charge on any atom is 0.0455 e. The summed E-state index contributed by atoms with van der Waals surface area (Å²) in [5.41, 5.74) is 2.43. The van der Waals surface area contributed by atoms with E-state index in [1.54, 1.807) is 11.3 Å². The molecule has 2 aromatic heterocycles. The summed E-state index contributed by atoms with van der Waals surface area (Å²) in [5.74, 6) is 0. The molecule has 2 rings (SSSR count). The number of anilines is 1. The highest BCUT2D eigenvalue weighted by Crippen LogP contribution is 2.28. The predicted octanol–water partition coefficient (Wildman–Crippen LogP) is 3.24. The molecular formula is C11H12N2S. The molecule has 0 unspecified atom stereocenters. The quantitative estimate of drug-likeness (QED) is 0.830. The summed E-state index contributed by atoms with van der Waals surface area (Å²) in [5, 5.41) is 5.43. The number of hydrogen-bond donors (Lipinski definition) is 1. The second-order valence-corrected chi connectivity index (χ2v) is 3.88. The zero-order valence-electron chi connectivity index (χ0n) is 8.03. The highest BCUT2D eigenvalue weighted by Gasteiger charge is 2.00. The normalized spacial score (nSPS) is 10.1. The van der Waals surface area contributed by atoms with Gasteiger partial charge in [-0.2, -0.15) is 0 Å². The maximum absolute atomic E-state index is 4.00. The van der Waals surface area contributed by atoms with Crippen molar-refractivity contribution in [2.45, 2.75) is 6.92 Å². The second-order valence-electron chi connectivity index (χ2n) is 2.97. The summed E-state index contributed by atoms with van der Waals surface area (Å²) < 4.78 is 0. The molecule has 0 radical (unpaired) electrons. The number of thiophene rings is 1. The van der Waals surface area contributed by atoms with E-state index in [0.717, 1.165) is 6.54 Å². The Hall–Kier alpha value is -1.35. The SMILES string of the molecule is CCNc1csc(-c2ccncc2)c1. The third-order valence-corrected chi connectivity index (χ3v) is 2.92. The van der Waals surface area contributed by atoms with E-state index in [0.29, 0.717) is 0 Å². The fraction of sp³-hybridized carbons (Fsp3) is 0.182. The van der Waals surface area contributed by atoms with Crippen LogP contribution in [-0.4, -0.2) is 11.5 Å². The Balaban J connectivity index is 2.25. The van der Waals surface area contributed by atoms with Crippen molar-refractivity contribution in [3.63, 3.8) is 0 Å². The minimum absolute atomic E-state index is 0.965. The zero-order valence-corrected chi connectivity index (χ0v) is 8.84. The lowest BCUT2D eigenvalue weighted by molar-refractivity contribution is 1.22. The Bertz CT molecular complexity index is 395. The summed E-state index contributed by atoms with van der Waals surface area (Å²) in [4.78, 5) is 5.28. The molecule has 2 aromatic rings. The van der Waals surface area contributed by atoms with E-state index in [1.165, 1.54) is 16.1 Å². The van der Waals surface area contributed by atoms with Crippen LogP contribution in [0, 0.1) is 0 Å². The van der Waals surface area contributed by atoms with Gasteiger partial charge in [-0.15, -0.1) is 11.3 Å². The Kier molecular flexibility index (Phi) is 2.79. The van der Waals surface area contributed by atoms with E-state index < -0.39 is 0 Å². The smallest absolute Gasteiger partial charge is 0.0455 e. The molecule has 2 nitrogen and oxygen atoms in total. The van der Waals surface area contributed by atoms with Crippen LogP contribution < -0.4 is 5.32 Å². The molecule has 0 aliphatic heterocycles. The van der Waals surface area contributed by atoms with E-state index >= 15 is 0 Å². The Morgan fingerprint density at radius 2 is 2.14 bits per heavy atom. The topological polar surface area (TPSA) is 24.9 Å². The van der Waals surface area contributed by atoms with Crippen LogP contribution in [0.25, 0.3) is 10.4 Å². The molecule has 3 heteroatoms. The van der Waals surface area contributed by atoms with Gasteiger partial charge in [-0.05, 0) is 30.7 Å². The number of nitrogens with zero attached hydrogens (tertiary/aromatic N) is 1. The first-order valence-corrected chi connectivity index (χ1v) is 5.51. The molecule has 0 atom stereocenters. The minimum atomic E-state index is 0.965. The monoisotopic (exact) mass is 204 g/mol. The van der Waals surface area contributed by atoms with Gasteiger partial charge in [-0.25, -0.2) is 0 Å². The van der Waals surface area contributed by atoms with Gasteiger partial charge in [0.15, 0.2) is 0 Å². The van der Waals surface area contributed by atoms with Crippen molar-refractivity contribution in [3.05, 3.63) is 36.0 Å². The van der Waals surface area contributed by atoms with Crippen LogP contribution in [-0.2, 0) is 0 Å². The van der Waals surface area contributed by atoms with E-state index in [9.17, 15) is 0 Å². The van der Waals surface area contributed by atoms with E-state index in [2.05, 4.69) is 28.7 Å². The van der Waals surface area contributed by atoms with Gasteiger partial charge in [0.1, 0.15) is 0 Å². The van der Waals surface area contributed by atoms with E-state index in [-0.39, 0.29) is 0 Å². The van der Waals surface area contributed by atoms with Crippen LogP contribution in [0.2, 0.25) is 0 Å². The first kappa shape index (κ1) is 9.21. The molecule has 0 aromatic carbocycles. The van der Waals surface area contributed by atoms with Gasteiger partial charge in [-0.3, -0.25) is 4.98 Å². The summed E-state index contributed by atoms with van der Waals surface area (Å²) in [6, 6.07) is 6.23. The van der Waals surface area contributed by atoms with Crippen molar-refractivity contribution in [2.75, 3.05) is 11.9 Å². The highest BCUT2D eigenvalue weighted by atomic mass is 32.1. The Morgan fingerprint density at radius 3 is 2.86 bits per heavy atom. The van der Waals surface area contributed by atoms with Gasteiger partial charge < -0.3 is 5.32 Å². The summed E-state index contributed by atoms with van der Waals surface area (Å²) in [6.45, 7) is 3.07. The predicted molar refractivity (Wildman–Crippen MR) is 61.7 cm³/mol. The molecule has 14 heavy (non-hydrogen) atoms. The first-order chi connectivity index (χ1) is 6.90. The summed E-state index contributed by atoms with van der Waals surface area (Å²) >= 11 is 1.75. The third-order valence-electron chi connectivity index (χ3n) is 1.95. The largest absolute Gasteiger partial charge is 0.385 e. The van der Waals surface area contributed by atoms with E-state index in [1.807, 2.05) is 24.5 Å².